The van der Waals surface area contributed by atoms with Crippen LogP contribution < -0.4 is 11.1 Å². The van der Waals surface area contributed by atoms with Gasteiger partial charge in [-0.05, 0) is 36.6 Å². The lowest BCUT2D eigenvalue weighted by Crippen LogP contribution is -2.56. The number of carbonyl (C=O) groups excluding carboxylic acids is 1. The van der Waals surface area contributed by atoms with Crippen LogP contribution in [0.4, 0.5) is 0 Å². The van der Waals surface area contributed by atoms with Crippen molar-refractivity contribution in [3.63, 3.8) is 0 Å². The van der Waals surface area contributed by atoms with E-state index in [0.717, 1.165) is 32.1 Å². The van der Waals surface area contributed by atoms with E-state index in [4.69, 9.17) is 5.73 Å². The molecule has 0 bridgehead atoms. The number of carbonyl (C=O) groups is 1. The largest absolute Gasteiger partial charge is 0.347 e. The summed E-state index contributed by atoms with van der Waals surface area (Å²) in [6, 6.07) is 4.25. The second kappa shape index (κ2) is 6.72. The molecule has 0 aliphatic heterocycles. The highest BCUT2D eigenvalue weighted by Crippen LogP contribution is 2.32. The van der Waals surface area contributed by atoms with Gasteiger partial charge in [-0.1, -0.05) is 39.2 Å². The van der Waals surface area contributed by atoms with Crippen LogP contribution in [0.1, 0.15) is 63.3 Å². The number of amides is 1. The van der Waals surface area contributed by atoms with E-state index in [1.807, 2.05) is 6.07 Å². The van der Waals surface area contributed by atoms with E-state index in [0.29, 0.717) is 5.92 Å². The van der Waals surface area contributed by atoms with E-state index in [9.17, 15) is 4.79 Å². The van der Waals surface area contributed by atoms with Gasteiger partial charge in [0, 0.05) is 4.88 Å². The van der Waals surface area contributed by atoms with Gasteiger partial charge in [0.25, 0.3) is 0 Å². The SMILES string of the molecule is CCCC(NC(=O)C1(N)CCCC(C)C1)c1cccs1. The lowest BCUT2D eigenvalue weighted by molar-refractivity contribution is -0.128. The van der Waals surface area contributed by atoms with Crippen molar-refractivity contribution in [1.29, 1.82) is 0 Å². The Morgan fingerprint density at radius 2 is 2.45 bits per heavy atom. The van der Waals surface area contributed by atoms with Crippen molar-refractivity contribution in [3.8, 4) is 0 Å². The molecule has 0 saturated heterocycles. The molecule has 1 aliphatic rings. The zero-order chi connectivity index (χ0) is 14.6. The second-order valence-corrected chi connectivity index (χ2v) is 7.17. The van der Waals surface area contributed by atoms with Gasteiger partial charge in [-0.2, -0.15) is 0 Å². The Bertz CT molecular complexity index is 432. The predicted octanol–water partition coefficient (Wildman–Crippen LogP) is 3.61. The smallest absolute Gasteiger partial charge is 0.240 e. The van der Waals surface area contributed by atoms with Gasteiger partial charge in [0.2, 0.25) is 5.91 Å². The molecule has 112 valence electrons. The Labute approximate surface area is 125 Å². The van der Waals surface area contributed by atoms with Gasteiger partial charge in [0.15, 0.2) is 0 Å². The number of rotatable bonds is 5. The minimum Gasteiger partial charge on any atom is -0.347 e. The fourth-order valence-corrected chi connectivity index (χ4v) is 3.98. The molecule has 1 heterocycles. The maximum atomic E-state index is 12.6. The molecule has 4 heteroatoms. The highest BCUT2D eigenvalue weighted by atomic mass is 32.1. The van der Waals surface area contributed by atoms with E-state index < -0.39 is 5.54 Å². The van der Waals surface area contributed by atoms with E-state index in [2.05, 4.69) is 30.6 Å². The molecular weight excluding hydrogens is 268 g/mol. The summed E-state index contributed by atoms with van der Waals surface area (Å²) in [6.07, 6.45) is 5.89. The van der Waals surface area contributed by atoms with Crippen LogP contribution in [-0.4, -0.2) is 11.4 Å². The third kappa shape index (κ3) is 3.61. The van der Waals surface area contributed by atoms with Gasteiger partial charge < -0.3 is 11.1 Å². The summed E-state index contributed by atoms with van der Waals surface area (Å²) in [5, 5.41) is 5.26. The van der Waals surface area contributed by atoms with Crippen molar-refractivity contribution in [2.45, 2.75) is 64.0 Å². The average molecular weight is 294 g/mol. The van der Waals surface area contributed by atoms with Gasteiger partial charge in [0.1, 0.15) is 0 Å². The number of hydrogen-bond donors (Lipinski definition) is 2. The van der Waals surface area contributed by atoms with Gasteiger partial charge in [-0.15, -0.1) is 11.3 Å². The van der Waals surface area contributed by atoms with Gasteiger partial charge in [0.05, 0.1) is 11.6 Å². The third-order valence-corrected chi connectivity index (χ3v) is 5.24. The molecule has 2 rings (SSSR count). The first-order valence-corrected chi connectivity index (χ1v) is 8.56. The molecule has 1 aromatic heterocycles. The zero-order valence-electron chi connectivity index (χ0n) is 12.5. The Morgan fingerprint density at radius 1 is 1.65 bits per heavy atom. The second-order valence-electron chi connectivity index (χ2n) is 6.19. The Kier molecular flexibility index (Phi) is 5.22. The summed E-state index contributed by atoms with van der Waals surface area (Å²) in [5.74, 6) is 0.585. The molecule has 3 nitrogen and oxygen atoms in total. The summed E-state index contributed by atoms with van der Waals surface area (Å²) in [4.78, 5) is 13.8. The fraction of sp³-hybridized carbons (Fsp3) is 0.688. The molecule has 3 atom stereocenters. The maximum Gasteiger partial charge on any atom is 0.240 e. The minimum absolute atomic E-state index is 0.0379. The van der Waals surface area contributed by atoms with Crippen LogP contribution in [0.2, 0.25) is 0 Å². The molecular formula is C16H26N2OS. The first-order chi connectivity index (χ1) is 9.55. The molecule has 20 heavy (non-hydrogen) atoms. The molecule has 3 N–H and O–H groups in total. The van der Waals surface area contributed by atoms with E-state index in [1.54, 1.807) is 11.3 Å². The first kappa shape index (κ1) is 15.5. The summed E-state index contributed by atoms with van der Waals surface area (Å²) in [6.45, 7) is 4.34. The minimum atomic E-state index is -0.666. The molecule has 0 aromatic carbocycles. The fourth-order valence-electron chi connectivity index (χ4n) is 3.16. The van der Waals surface area contributed by atoms with Crippen LogP contribution in [-0.2, 0) is 4.79 Å². The van der Waals surface area contributed by atoms with Gasteiger partial charge >= 0.3 is 0 Å². The van der Waals surface area contributed by atoms with Crippen LogP contribution in [0.3, 0.4) is 0 Å². The number of thiophene rings is 1. The normalized spacial score (nSPS) is 28.1. The standard InChI is InChI=1S/C16H26N2OS/c1-3-6-13(14-8-5-10-20-14)18-15(19)16(17)9-4-7-12(2)11-16/h5,8,10,12-13H,3-4,6-7,9,11,17H2,1-2H3,(H,18,19). The van der Waals surface area contributed by atoms with Crippen molar-refractivity contribution in [1.82, 2.24) is 5.32 Å². The number of nitrogens with one attached hydrogen (secondary N) is 1. The number of hydrogen-bond acceptors (Lipinski definition) is 3. The van der Waals surface area contributed by atoms with E-state index in [1.165, 1.54) is 11.3 Å². The monoisotopic (exact) mass is 294 g/mol. The van der Waals surface area contributed by atoms with Crippen LogP contribution in [0.25, 0.3) is 0 Å². The van der Waals surface area contributed by atoms with Crippen LogP contribution in [0.15, 0.2) is 17.5 Å². The molecule has 3 unspecified atom stereocenters. The van der Waals surface area contributed by atoms with Crippen molar-refractivity contribution in [3.05, 3.63) is 22.4 Å². The number of nitrogens with two attached hydrogens (primary N) is 1. The van der Waals surface area contributed by atoms with Crippen LogP contribution >= 0.6 is 11.3 Å². The van der Waals surface area contributed by atoms with Gasteiger partial charge in [-0.3, -0.25) is 4.79 Å². The highest BCUT2D eigenvalue weighted by molar-refractivity contribution is 7.10. The Balaban J connectivity index is 2.04. The Morgan fingerprint density at radius 3 is 3.05 bits per heavy atom. The molecule has 1 amide bonds. The summed E-state index contributed by atoms with van der Waals surface area (Å²) < 4.78 is 0. The summed E-state index contributed by atoms with van der Waals surface area (Å²) in [7, 11) is 0. The Hall–Kier alpha value is -0.870. The summed E-state index contributed by atoms with van der Waals surface area (Å²) in [5.41, 5.74) is 5.72. The quantitative estimate of drug-likeness (QED) is 0.871. The predicted molar refractivity (Wildman–Crippen MR) is 84.7 cm³/mol. The molecule has 1 fully saturated rings. The molecule has 0 radical (unpaired) electrons. The summed E-state index contributed by atoms with van der Waals surface area (Å²) >= 11 is 1.70. The van der Waals surface area contributed by atoms with Crippen molar-refractivity contribution >= 4 is 17.2 Å². The van der Waals surface area contributed by atoms with Crippen LogP contribution in [0, 0.1) is 5.92 Å². The van der Waals surface area contributed by atoms with Gasteiger partial charge in [-0.25, -0.2) is 0 Å². The first-order valence-electron chi connectivity index (χ1n) is 7.68. The third-order valence-electron chi connectivity index (χ3n) is 4.25. The van der Waals surface area contributed by atoms with E-state index in [-0.39, 0.29) is 11.9 Å². The molecule has 1 aromatic rings. The average Bonchev–Trinajstić information content (AvgIpc) is 2.91. The maximum absolute atomic E-state index is 12.6. The van der Waals surface area contributed by atoms with Crippen molar-refractivity contribution < 1.29 is 4.79 Å². The zero-order valence-corrected chi connectivity index (χ0v) is 13.3. The van der Waals surface area contributed by atoms with Crippen molar-refractivity contribution in [2.75, 3.05) is 0 Å². The molecule has 1 aliphatic carbocycles. The molecule has 1 saturated carbocycles. The lowest BCUT2D eigenvalue weighted by atomic mass is 9.76. The van der Waals surface area contributed by atoms with Crippen LogP contribution in [0.5, 0.6) is 0 Å². The van der Waals surface area contributed by atoms with Crippen molar-refractivity contribution in [2.24, 2.45) is 11.7 Å². The van der Waals surface area contributed by atoms with E-state index >= 15 is 0 Å². The molecule has 0 spiro atoms. The lowest BCUT2D eigenvalue weighted by Gasteiger charge is -2.36. The highest BCUT2D eigenvalue weighted by Gasteiger charge is 2.38. The topological polar surface area (TPSA) is 55.1 Å².